The molecule has 1 amide bonds. The number of nitrogens with zero attached hydrogens (tertiary/aromatic N) is 2. The van der Waals surface area contributed by atoms with Crippen molar-refractivity contribution in [3.05, 3.63) is 12.4 Å². The zero-order chi connectivity index (χ0) is 7.40. The topological polar surface area (TPSA) is 49.7 Å². The summed E-state index contributed by atoms with van der Waals surface area (Å²) in [6, 6.07) is 0. The van der Waals surface area contributed by atoms with Gasteiger partial charge in [-0.25, -0.2) is 0 Å². The summed E-state index contributed by atoms with van der Waals surface area (Å²) >= 11 is 0. The van der Waals surface area contributed by atoms with E-state index >= 15 is 0 Å². The van der Waals surface area contributed by atoms with Crippen molar-refractivity contribution in [2.24, 2.45) is 4.99 Å². The SMILES string of the molecule is O=CC1=NC=CN(C=O)C1.[Zn]. The van der Waals surface area contributed by atoms with E-state index in [1.165, 1.54) is 17.3 Å². The van der Waals surface area contributed by atoms with E-state index in [2.05, 4.69) is 4.99 Å². The zero-order valence-corrected chi connectivity index (χ0v) is 8.90. The van der Waals surface area contributed by atoms with Gasteiger partial charge in [0.05, 0.1) is 12.3 Å². The van der Waals surface area contributed by atoms with E-state index in [1.54, 1.807) is 0 Å². The molecule has 4 nitrogen and oxygen atoms in total. The first kappa shape index (κ1) is 10.2. The molecule has 5 heteroatoms. The average molecular weight is 204 g/mol. The summed E-state index contributed by atoms with van der Waals surface area (Å²) in [5.41, 5.74) is 0.370. The number of carbonyl (C=O) groups excluding carboxylic acids is 2. The molecule has 1 rings (SSSR count). The minimum Gasteiger partial charge on any atom is -0.314 e. The van der Waals surface area contributed by atoms with Crippen molar-refractivity contribution in [3.8, 4) is 0 Å². The summed E-state index contributed by atoms with van der Waals surface area (Å²) in [5, 5.41) is 0. The summed E-state index contributed by atoms with van der Waals surface area (Å²) in [6.45, 7) is 0.281. The number of amides is 1. The van der Waals surface area contributed by atoms with Gasteiger partial charge in [-0.2, -0.15) is 0 Å². The van der Waals surface area contributed by atoms with Crippen LogP contribution >= 0.6 is 0 Å². The van der Waals surface area contributed by atoms with E-state index in [1.807, 2.05) is 0 Å². The van der Waals surface area contributed by atoms with Crippen molar-refractivity contribution in [2.45, 2.75) is 0 Å². The molecule has 11 heavy (non-hydrogen) atoms. The van der Waals surface area contributed by atoms with Gasteiger partial charge in [0, 0.05) is 31.9 Å². The molecule has 1 aliphatic rings. The third-order valence-electron chi connectivity index (χ3n) is 1.11. The molecule has 0 N–H and O–H groups in total. The second-order valence-electron chi connectivity index (χ2n) is 1.81. The number of carbonyl (C=O) groups is 2. The van der Waals surface area contributed by atoms with Crippen LogP contribution in [0.15, 0.2) is 17.4 Å². The summed E-state index contributed by atoms with van der Waals surface area (Å²) in [6.07, 6.45) is 4.22. The second kappa shape index (κ2) is 4.91. The Hall–Kier alpha value is -0.827. The molecule has 0 saturated carbocycles. The van der Waals surface area contributed by atoms with Crippen molar-refractivity contribution in [3.63, 3.8) is 0 Å². The maximum Gasteiger partial charge on any atom is 0.214 e. The van der Waals surface area contributed by atoms with Crippen LogP contribution in [0, 0.1) is 0 Å². The summed E-state index contributed by atoms with van der Waals surface area (Å²) in [7, 11) is 0. The molecular weight excluding hydrogens is 197 g/mol. The minimum absolute atomic E-state index is 0. The van der Waals surface area contributed by atoms with Crippen molar-refractivity contribution < 1.29 is 29.1 Å². The van der Waals surface area contributed by atoms with E-state index < -0.39 is 0 Å². The molecule has 0 saturated heterocycles. The number of hydrogen-bond acceptors (Lipinski definition) is 3. The molecule has 0 aromatic rings. The van der Waals surface area contributed by atoms with Crippen LogP contribution in [-0.4, -0.2) is 29.9 Å². The number of aldehydes is 1. The maximum atomic E-state index is 10.1. The van der Waals surface area contributed by atoms with Crippen LogP contribution in [0.25, 0.3) is 0 Å². The minimum atomic E-state index is 0. The average Bonchev–Trinajstić information content (AvgIpc) is 2.05. The van der Waals surface area contributed by atoms with Gasteiger partial charge in [-0.15, -0.1) is 0 Å². The fraction of sp³-hybridized carbons (Fsp3) is 0.167. The molecule has 0 unspecified atom stereocenters. The Kier molecular flexibility index (Phi) is 4.54. The van der Waals surface area contributed by atoms with Gasteiger partial charge in [0.15, 0.2) is 6.29 Å². The van der Waals surface area contributed by atoms with Crippen molar-refractivity contribution in [2.75, 3.05) is 6.54 Å². The summed E-state index contributed by atoms with van der Waals surface area (Å²) < 4.78 is 0. The third kappa shape index (κ3) is 2.72. The molecule has 1 aliphatic heterocycles. The molecule has 0 radical (unpaired) electrons. The van der Waals surface area contributed by atoms with E-state index in [0.717, 1.165) is 0 Å². The van der Waals surface area contributed by atoms with Gasteiger partial charge in [-0.05, 0) is 0 Å². The van der Waals surface area contributed by atoms with Gasteiger partial charge < -0.3 is 4.90 Å². The maximum absolute atomic E-state index is 10.1. The quantitative estimate of drug-likeness (QED) is 0.452. The van der Waals surface area contributed by atoms with Gasteiger partial charge in [0.25, 0.3) is 0 Å². The number of hydrogen-bond donors (Lipinski definition) is 0. The van der Waals surface area contributed by atoms with Crippen LogP contribution in [0.2, 0.25) is 0 Å². The van der Waals surface area contributed by atoms with Gasteiger partial charge in [0.1, 0.15) is 0 Å². The predicted octanol–water partition coefficient (Wildman–Crippen LogP) is -0.433. The first-order valence-corrected chi connectivity index (χ1v) is 2.76. The van der Waals surface area contributed by atoms with E-state index in [-0.39, 0.29) is 26.0 Å². The molecule has 0 atom stereocenters. The van der Waals surface area contributed by atoms with E-state index in [4.69, 9.17) is 0 Å². The van der Waals surface area contributed by atoms with Crippen LogP contribution in [-0.2, 0) is 29.1 Å². The fourth-order valence-electron chi connectivity index (χ4n) is 0.635. The van der Waals surface area contributed by atoms with Crippen molar-refractivity contribution >= 4 is 18.4 Å². The van der Waals surface area contributed by atoms with Crippen LogP contribution in [0.5, 0.6) is 0 Å². The molecule has 0 bridgehead atoms. The Labute approximate surface area is 76.7 Å². The number of aliphatic imine (C=N–C) groups is 1. The Morgan fingerprint density at radius 2 is 2.27 bits per heavy atom. The smallest absolute Gasteiger partial charge is 0.214 e. The van der Waals surface area contributed by atoms with Gasteiger partial charge in [0.2, 0.25) is 6.41 Å². The van der Waals surface area contributed by atoms with E-state index in [9.17, 15) is 9.59 Å². The van der Waals surface area contributed by atoms with Gasteiger partial charge in [-0.3, -0.25) is 14.6 Å². The Balaban J connectivity index is 0.000001000. The summed E-state index contributed by atoms with van der Waals surface area (Å²) in [4.78, 5) is 25.3. The molecule has 54 valence electrons. The Morgan fingerprint density at radius 1 is 1.55 bits per heavy atom. The third-order valence-corrected chi connectivity index (χ3v) is 1.11. The van der Waals surface area contributed by atoms with E-state index in [0.29, 0.717) is 18.4 Å². The van der Waals surface area contributed by atoms with Crippen molar-refractivity contribution in [1.82, 2.24) is 4.90 Å². The van der Waals surface area contributed by atoms with Crippen LogP contribution in [0.3, 0.4) is 0 Å². The molecule has 0 aliphatic carbocycles. The van der Waals surface area contributed by atoms with Crippen molar-refractivity contribution in [1.29, 1.82) is 0 Å². The van der Waals surface area contributed by atoms with Crippen LogP contribution < -0.4 is 0 Å². The monoisotopic (exact) mass is 202 g/mol. The van der Waals surface area contributed by atoms with Crippen LogP contribution in [0.4, 0.5) is 0 Å². The normalized spacial score (nSPS) is 14.9. The first-order chi connectivity index (χ1) is 4.86. The number of rotatable bonds is 2. The largest absolute Gasteiger partial charge is 0.314 e. The fourth-order valence-corrected chi connectivity index (χ4v) is 0.635. The molecule has 0 fully saturated rings. The zero-order valence-electron chi connectivity index (χ0n) is 5.93. The van der Waals surface area contributed by atoms with Crippen LogP contribution in [0.1, 0.15) is 0 Å². The van der Waals surface area contributed by atoms with Gasteiger partial charge >= 0.3 is 0 Å². The Bertz CT molecular complexity index is 213. The molecule has 0 spiro atoms. The molecule has 0 aromatic heterocycles. The predicted molar refractivity (Wildman–Crippen MR) is 35.4 cm³/mol. The molecular formula is C6H6N2O2Zn. The summed E-state index contributed by atoms with van der Waals surface area (Å²) in [5.74, 6) is 0. The first-order valence-electron chi connectivity index (χ1n) is 2.76. The molecule has 0 aromatic carbocycles. The molecule has 1 heterocycles. The van der Waals surface area contributed by atoms with Gasteiger partial charge in [-0.1, -0.05) is 0 Å². The second-order valence-corrected chi connectivity index (χ2v) is 1.81. The Morgan fingerprint density at radius 3 is 2.82 bits per heavy atom. The standard InChI is InChI=1S/C6H6N2O2.Zn/c9-4-6-3-8(5-10)2-1-7-6;/h1-2,4-5H,3H2;.